The molecule has 0 aliphatic heterocycles. The normalized spacial score (nSPS) is 11.9. The summed E-state index contributed by atoms with van der Waals surface area (Å²) in [6.07, 6.45) is 1.92. The lowest BCUT2D eigenvalue weighted by Gasteiger charge is -2.19. The second-order valence-electron chi connectivity index (χ2n) is 8.26. The van der Waals surface area contributed by atoms with Crippen molar-refractivity contribution in [3.63, 3.8) is 0 Å². The Morgan fingerprint density at radius 1 is 1.19 bits per heavy atom. The Kier molecular flexibility index (Phi) is 9.33. The van der Waals surface area contributed by atoms with Gasteiger partial charge in [0.2, 0.25) is 15.9 Å². The molecule has 0 aliphatic rings. The number of nitrogens with one attached hydrogen (secondary N) is 1. The van der Waals surface area contributed by atoms with Crippen LogP contribution in [0, 0.1) is 12.7 Å². The average molecular weight is 464 g/mol. The molecular formula is C24H34FN3O3S. The number of pyridine rings is 1. The molecule has 1 N–H and O–H groups in total. The van der Waals surface area contributed by atoms with E-state index in [0.717, 1.165) is 24.3 Å². The Labute approximate surface area is 191 Å². The van der Waals surface area contributed by atoms with Crippen LogP contribution in [0.25, 0.3) is 11.1 Å². The Bertz CT molecular complexity index is 1030. The molecule has 176 valence electrons. The number of carbonyl (C=O) groups is 1. The third kappa shape index (κ3) is 7.38. The van der Waals surface area contributed by atoms with Crippen molar-refractivity contribution in [2.45, 2.75) is 53.4 Å². The highest BCUT2D eigenvalue weighted by Crippen LogP contribution is 2.32. The van der Waals surface area contributed by atoms with Gasteiger partial charge >= 0.3 is 0 Å². The molecule has 6 nitrogen and oxygen atoms in total. The van der Waals surface area contributed by atoms with Gasteiger partial charge < -0.3 is 4.90 Å². The lowest BCUT2D eigenvalue weighted by atomic mass is 9.88. The number of hydrogen-bond donors (Lipinski definition) is 1. The number of rotatable bonds is 11. The lowest BCUT2D eigenvalue weighted by molar-refractivity contribution is -0.118. The van der Waals surface area contributed by atoms with Crippen molar-refractivity contribution in [3.05, 3.63) is 53.1 Å². The van der Waals surface area contributed by atoms with E-state index in [1.165, 1.54) is 12.1 Å². The third-order valence-electron chi connectivity index (χ3n) is 5.47. The number of carbonyl (C=O) groups excluding carboxylic acids is 1. The predicted molar refractivity (Wildman–Crippen MR) is 126 cm³/mol. The summed E-state index contributed by atoms with van der Waals surface area (Å²) in [5.74, 6) is -1.17. The minimum absolute atomic E-state index is 0.0409. The fraction of sp³-hybridized carbons (Fsp3) is 0.500. The van der Waals surface area contributed by atoms with Gasteiger partial charge in [0.15, 0.2) is 0 Å². The molecule has 2 aromatic rings. The molecule has 0 radical (unpaired) electrons. The molecule has 0 saturated carbocycles. The first-order valence-corrected chi connectivity index (χ1v) is 12.7. The molecule has 1 heterocycles. The molecule has 8 heteroatoms. The van der Waals surface area contributed by atoms with Crippen molar-refractivity contribution in [1.29, 1.82) is 0 Å². The SMILES string of the molecule is CCN(CC)CCCS(=O)(=O)NC(=O)Cc1c(-c2ccnc(C)c2)cc(F)cc1C(C)C. The van der Waals surface area contributed by atoms with Gasteiger partial charge in [0.1, 0.15) is 5.82 Å². The minimum atomic E-state index is -3.75. The molecule has 0 aliphatic carbocycles. The van der Waals surface area contributed by atoms with Crippen molar-refractivity contribution >= 4 is 15.9 Å². The largest absolute Gasteiger partial charge is 0.304 e. The highest BCUT2D eigenvalue weighted by molar-refractivity contribution is 7.90. The second-order valence-corrected chi connectivity index (χ2v) is 10.1. The van der Waals surface area contributed by atoms with E-state index in [-0.39, 0.29) is 18.1 Å². The van der Waals surface area contributed by atoms with Crippen molar-refractivity contribution in [2.24, 2.45) is 0 Å². The Morgan fingerprint density at radius 2 is 1.88 bits per heavy atom. The molecular weight excluding hydrogens is 429 g/mol. The van der Waals surface area contributed by atoms with Gasteiger partial charge in [-0.1, -0.05) is 27.7 Å². The fourth-order valence-corrected chi connectivity index (χ4v) is 4.81. The van der Waals surface area contributed by atoms with Crippen LogP contribution in [0.15, 0.2) is 30.5 Å². The van der Waals surface area contributed by atoms with Crippen LogP contribution in [-0.4, -0.2) is 49.6 Å². The van der Waals surface area contributed by atoms with E-state index in [9.17, 15) is 17.6 Å². The zero-order valence-electron chi connectivity index (χ0n) is 19.6. The monoisotopic (exact) mass is 463 g/mol. The molecule has 1 amide bonds. The number of aryl methyl sites for hydroxylation is 1. The van der Waals surface area contributed by atoms with E-state index < -0.39 is 21.7 Å². The summed E-state index contributed by atoms with van der Waals surface area (Å²) < 4.78 is 41.5. The van der Waals surface area contributed by atoms with Gasteiger partial charge in [-0.3, -0.25) is 14.5 Å². The van der Waals surface area contributed by atoms with Crippen molar-refractivity contribution in [2.75, 3.05) is 25.4 Å². The van der Waals surface area contributed by atoms with Crippen LogP contribution in [0.4, 0.5) is 4.39 Å². The smallest absolute Gasteiger partial charge is 0.237 e. The number of halogens is 1. The van der Waals surface area contributed by atoms with Crippen LogP contribution in [0.3, 0.4) is 0 Å². The molecule has 0 bridgehead atoms. The summed E-state index contributed by atoms with van der Waals surface area (Å²) in [5.41, 5.74) is 3.40. The molecule has 1 aromatic heterocycles. The number of sulfonamides is 1. The maximum Gasteiger partial charge on any atom is 0.237 e. The number of hydrogen-bond acceptors (Lipinski definition) is 5. The molecule has 0 atom stereocenters. The standard InChI is InChI=1S/C24H34FN3O3S/c1-6-28(7-2)11-8-12-32(30,31)27-24(29)16-23-21(17(3)4)14-20(25)15-22(23)19-9-10-26-18(5)13-19/h9-10,13-15,17H,6-8,11-12,16H2,1-5H3,(H,27,29). The van der Waals surface area contributed by atoms with Gasteiger partial charge in [0.05, 0.1) is 12.2 Å². The highest BCUT2D eigenvalue weighted by atomic mass is 32.2. The quantitative estimate of drug-likeness (QED) is 0.544. The van der Waals surface area contributed by atoms with Crippen LogP contribution >= 0.6 is 0 Å². The molecule has 0 saturated heterocycles. The summed E-state index contributed by atoms with van der Waals surface area (Å²) in [7, 11) is -3.75. The maximum atomic E-state index is 14.4. The second kappa shape index (κ2) is 11.5. The predicted octanol–water partition coefficient (Wildman–Crippen LogP) is 4.04. The topological polar surface area (TPSA) is 79.4 Å². The summed E-state index contributed by atoms with van der Waals surface area (Å²) in [5, 5.41) is 0. The van der Waals surface area contributed by atoms with E-state index in [0.29, 0.717) is 29.7 Å². The van der Waals surface area contributed by atoms with Gasteiger partial charge in [0, 0.05) is 11.9 Å². The van der Waals surface area contributed by atoms with E-state index in [2.05, 4.69) is 14.6 Å². The third-order valence-corrected chi connectivity index (χ3v) is 6.83. The fourth-order valence-electron chi connectivity index (χ4n) is 3.78. The summed E-state index contributed by atoms with van der Waals surface area (Å²) in [6.45, 7) is 12.1. The number of aromatic nitrogens is 1. The van der Waals surface area contributed by atoms with E-state index in [1.807, 2.05) is 40.7 Å². The Morgan fingerprint density at radius 3 is 2.47 bits per heavy atom. The van der Waals surface area contributed by atoms with Gasteiger partial charge in [-0.15, -0.1) is 0 Å². The van der Waals surface area contributed by atoms with Gasteiger partial charge in [0.25, 0.3) is 0 Å². The van der Waals surface area contributed by atoms with Crippen LogP contribution < -0.4 is 4.72 Å². The maximum absolute atomic E-state index is 14.4. The minimum Gasteiger partial charge on any atom is -0.304 e. The molecule has 0 unspecified atom stereocenters. The van der Waals surface area contributed by atoms with Gasteiger partial charge in [-0.25, -0.2) is 12.8 Å². The zero-order chi connectivity index (χ0) is 23.9. The summed E-state index contributed by atoms with van der Waals surface area (Å²) in [4.78, 5) is 19.1. The van der Waals surface area contributed by atoms with Gasteiger partial charge in [-0.05, 0) is 85.4 Å². The van der Waals surface area contributed by atoms with E-state index in [1.54, 1.807) is 12.3 Å². The van der Waals surface area contributed by atoms with Crippen molar-refractivity contribution in [3.8, 4) is 11.1 Å². The van der Waals surface area contributed by atoms with E-state index in [4.69, 9.17) is 0 Å². The molecule has 1 aromatic carbocycles. The molecule has 32 heavy (non-hydrogen) atoms. The highest BCUT2D eigenvalue weighted by Gasteiger charge is 2.21. The molecule has 0 spiro atoms. The summed E-state index contributed by atoms with van der Waals surface area (Å²) >= 11 is 0. The van der Waals surface area contributed by atoms with Gasteiger partial charge in [-0.2, -0.15) is 0 Å². The van der Waals surface area contributed by atoms with Crippen LogP contribution in [0.1, 0.15) is 56.9 Å². The first-order valence-electron chi connectivity index (χ1n) is 11.1. The number of benzene rings is 1. The first-order chi connectivity index (χ1) is 15.1. The van der Waals surface area contributed by atoms with Crippen molar-refractivity contribution in [1.82, 2.24) is 14.6 Å². The lowest BCUT2D eigenvalue weighted by Crippen LogP contribution is -2.35. The van der Waals surface area contributed by atoms with Crippen molar-refractivity contribution < 1.29 is 17.6 Å². The van der Waals surface area contributed by atoms with Crippen LogP contribution in [-0.2, 0) is 21.2 Å². The van der Waals surface area contributed by atoms with E-state index >= 15 is 0 Å². The Balaban J connectivity index is 2.26. The number of nitrogens with zero attached hydrogens (tertiary/aromatic N) is 2. The van der Waals surface area contributed by atoms with Crippen LogP contribution in [0.2, 0.25) is 0 Å². The van der Waals surface area contributed by atoms with Crippen LogP contribution in [0.5, 0.6) is 0 Å². The zero-order valence-corrected chi connectivity index (χ0v) is 20.4. The number of amides is 1. The molecule has 0 fully saturated rings. The first kappa shape index (κ1) is 25.9. The Hall–Kier alpha value is -2.32. The molecule has 2 rings (SSSR count). The average Bonchev–Trinajstić information content (AvgIpc) is 2.71. The summed E-state index contributed by atoms with van der Waals surface area (Å²) in [6, 6.07) is 6.40.